The Morgan fingerprint density at radius 3 is 2.44 bits per heavy atom. The molecule has 0 saturated carbocycles. The van der Waals surface area contributed by atoms with Gasteiger partial charge in [0.25, 0.3) is 0 Å². The van der Waals surface area contributed by atoms with E-state index in [1.807, 2.05) is 0 Å². The summed E-state index contributed by atoms with van der Waals surface area (Å²) >= 11 is 3.13. The number of rotatable bonds is 3. The highest BCUT2D eigenvalue weighted by Gasteiger charge is 2.06. The molecule has 0 aliphatic heterocycles. The van der Waals surface area contributed by atoms with Gasteiger partial charge in [0.2, 0.25) is 0 Å². The molecule has 1 nitrogen and oxygen atoms in total. The number of nitrogens with one attached hydrogen (secondary N) is 1. The van der Waals surface area contributed by atoms with Crippen LogP contribution >= 0.6 is 15.9 Å². The van der Waals surface area contributed by atoms with Crippen LogP contribution < -0.4 is 5.32 Å². The van der Waals surface area contributed by atoms with Crippen LogP contribution in [0.5, 0.6) is 0 Å². The zero-order valence-electron chi connectivity index (χ0n) is 9.18. The van der Waals surface area contributed by atoms with Gasteiger partial charge < -0.3 is 5.32 Å². The maximum Gasteiger partial charge on any atom is 0.160 e. The van der Waals surface area contributed by atoms with Crippen LogP contribution in [0.25, 0.3) is 0 Å². The van der Waals surface area contributed by atoms with Gasteiger partial charge in [-0.1, -0.05) is 12.1 Å². The molecule has 2 aromatic rings. The van der Waals surface area contributed by atoms with Gasteiger partial charge in [-0.15, -0.1) is 0 Å². The minimum absolute atomic E-state index is 0.309. The maximum absolute atomic E-state index is 13.2. The first-order valence-corrected chi connectivity index (χ1v) is 5.99. The van der Waals surface area contributed by atoms with Crippen molar-refractivity contribution in [1.29, 1.82) is 0 Å². The minimum Gasteiger partial charge on any atom is -0.381 e. The second kappa shape index (κ2) is 5.44. The van der Waals surface area contributed by atoms with Gasteiger partial charge in [0, 0.05) is 18.3 Å². The van der Waals surface area contributed by atoms with Gasteiger partial charge in [-0.25, -0.2) is 13.2 Å². The predicted octanol–water partition coefficient (Wildman–Crippen LogP) is 4.48. The lowest BCUT2D eigenvalue weighted by Gasteiger charge is -2.09. The molecule has 5 heteroatoms. The Labute approximate surface area is 111 Å². The molecule has 0 bridgehead atoms. The lowest BCUT2D eigenvalue weighted by molar-refractivity contribution is 0.509. The average molecular weight is 316 g/mol. The molecule has 0 heterocycles. The summed E-state index contributed by atoms with van der Waals surface area (Å²) in [5.41, 5.74) is 1.13. The van der Waals surface area contributed by atoms with E-state index in [1.165, 1.54) is 12.1 Å². The summed E-state index contributed by atoms with van der Waals surface area (Å²) in [6, 6.07) is 8.18. The topological polar surface area (TPSA) is 12.0 Å². The number of benzene rings is 2. The quantitative estimate of drug-likeness (QED) is 0.880. The van der Waals surface area contributed by atoms with Crippen molar-refractivity contribution in [2.45, 2.75) is 6.54 Å². The molecule has 0 amide bonds. The molecule has 94 valence electrons. The van der Waals surface area contributed by atoms with E-state index in [4.69, 9.17) is 0 Å². The third-order valence-electron chi connectivity index (χ3n) is 2.43. The maximum atomic E-state index is 13.2. The predicted molar refractivity (Wildman–Crippen MR) is 67.8 cm³/mol. The fraction of sp³-hybridized carbons (Fsp3) is 0.0769. The van der Waals surface area contributed by atoms with Crippen molar-refractivity contribution in [1.82, 2.24) is 0 Å². The Balaban J connectivity index is 2.11. The molecule has 0 aliphatic carbocycles. The van der Waals surface area contributed by atoms with Crippen LogP contribution in [0.2, 0.25) is 0 Å². The molecule has 0 radical (unpaired) electrons. The minimum atomic E-state index is -0.918. The molecule has 2 rings (SSSR count). The summed E-state index contributed by atoms with van der Waals surface area (Å²) in [4.78, 5) is 0. The zero-order chi connectivity index (χ0) is 13.1. The van der Waals surface area contributed by atoms with Crippen LogP contribution in [0.15, 0.2) is 40.9 Å². The van der Waals surface area contributed by atoms with Gasteiger partial charge in [0.15, 0.2) is 11.6 Å². The summed E-state index contributed by atoms with van der Waals surface area (Å²) in [5, 5.41) is 2.89. The average Bonchev–Trinajstić information content (AvgIpc) is 2.35. The third kappa shape index (κ3) is 2.85. The van der Waals surface area contributed by atoms with E-state index in [2.05, 4.69) is 21.2 Å². The third-order valence-corrected chi connectivity index (χ3v) is 3.32. The van der Waals surface area contributed by atoms with Gasteiger partial charge in [0.05, 0.1) is 4.47 Å². The van der Waals surface area contributed by atoms with Gasteiger partial charge in [0.1, 0.15) is 5.82 Å². The van der Waals surface area contributed by atoms with Crippen molar-refractivity contribution < 1.29 is 13.2 Å². The van der Waals surface area contributed by atoms with E-state index in [-0.39, 0.29) is 5.82 Å². The smallest absolute Gasteiger partial charge is 0.160 e. The van der Waals surface area contributed by atoms with Gasteiger partial charge in [-0.05, 0) is 39.7 Å². The standard InChI is InChI=1S/C13H9BrF3N/c14-13-8(2-1-3-11(13)16)7-18-9-4-5-10(15)12(17)6-9/h1-6,18H,7H2. The van der Waals surface area contributed by atoms with E-state index < -0.39 is 11.6 Å². The fourth-order valence-corrected chi connectivity index (χ4v) is 1.89. The van der Waals surface area contributed by atoms with Crippen molar-refractivity contribution in [3.05, 3.63) is 63.9 Å². The van der Waals surface area contributed by atoms with Gasteiger partial charge >= 0.3 is 0 Å². The molecular formula is C13H9BrF3N. The molecule has 0 aliphatic rings. The second-order valence-corrected chi connectivity index (χ2v) is 4.49. The Bertz CT molecular complexity index is 572. The van der Waals surface area contributed by atoms with Crippen LogP contribution in [0, 0.1) is 17.5 Å². The fourth-order valence-electron chi connectivity index (χ4n) is 1.49. The second-order valence-electron chi connectivity index (χ2n) is 3.70. The summed E-state index contributed by atoms with van der Waals surface area (Å²) in [5.74, 6) is -2.18. The van der Waals surface area contributed by atoms with Crippen LogP contribution in [-0.2, 0) is 6.54 Å². The monoisotopic (exact) mass is 315 g/mol. The molecule has 18 heavy (non-hydrogen) atoms. The Morgan fingerprint density at radius 1 is 0.944 bits per heavy atom. The van der Waals surface area contributed by atoms with Crippen molar-refractivity contribution >= 4 is 21.6 Å². The summed E-state index contributed by atoms with van der Waals surface area (Å²) in [6.45, 7) is 0.309. The number of hydrogen-bond donors (Lipinski definition) is 1. The largest absolute Gasteiger partial charge is 0.381 e. The van der Waals surface area contributed by atoms with Gasteiger partial charge in [-0.2, -0.15) is 0 Å². The van der Waals surface area contributed by atoms with Gasteiger partial charge in [-0.3, -0.25) is 0 Å². The summed E-state index contributed by atoms with van der Waals surface area (Å²) < 4.78 is 39.3. The first-order valence-electron chi connectivity index (χ1n) is 5.20. The summed E-state index contributed by atoms with van der Waals surface area (Å²) in [6.07, 6.45) is 0. The SMILES string of the molecule is Fc1ccc(NCc2cccc(F)c2Br)cc1F. The zero-order valence-corrected chi connectivity index (χ0v) is 10.8. The van der Waals surface area contributed by atoms with Crippen LogP contribution in [0.4, 0.5) is 18.9 Å². The molecule has 0 aromatic heterocycles. The molecule has 0 saturated heterocycles. The molecule has 0 atom stereocenters. The van der Waals surface area contributed by atoms with Crippen molar-refractivity contribution in [3.63, 3.8) is 0 Å². The van der Waals surface area contributed by atoms with Crippen molar-refractivity contribution in [3.8, 4) is 0 Å². The number of halogens is 4. The summed E-state index contributed by atoms with van der Waals surface area (Å²) in [7, 11) is 0. The van der Waals surface area contributed by atoms with Crippen LogP contribution in [0.3, 0.4) is 0 Å². The number of anilines is 1. The van der Waals surface area contributed by atoms with Crippen LogP contribution in [-0.4, -0.2) is 0 Å². The van der Waals surface area contributed by atoms with Crippen molar-refractivity contribution in [2.75, 3.05) is 5.32 Å². The molecule has 0 unspecified atom stereocenters. The highest BCUT2D eigenvalue weighted by atomic mass is 79.9. The highest BCUT2D eigenvalue weighted by molar-refractivity contribution is 9.10. The first kappa shape index (κ1) is 13.0. The first-order chi connectivity index (χ1) is 8.58. The van der Waals surface area contributed by atoms with E-state index >= 15 is 0 Å². The lowest BCUT2D eigenvalue weighted by Crippen LogP contribution is -2.01. The van der Waals surface area contributed by atoms with E-state index in [0.717, 1.165) is 12.1 Å². The highest BCUT2D eigenvalue weighted by Crippen LogP contribution is 2.22. The Morgan fingerprint density at radius 2 is 1.72 bits per heavy atom. The normalized spacial score (nSPS) is 10.4. The molecule has 0 fully saturated rings. The Kier molecular flexibility index (Phi) is 3.91. The molecular weight excluding hydrogens is 307 g/mol. The molecule has 1 N–H and O–H groups in total. The molecule has 0 spiro atoms. The number of hydrogen-bond acceptors (Lipinski definition) is 1. The van der Waals surface area contributed by atoms with E-state index in [0.29, 0.717) is 22.3 Å². The Hall–Kier alpha value is -1.49. The van der Waals surface area contributed by atoms with Crippen LogP contribution in [0.1, 0.15) is 5.56 Å². The van der Waals surface area contributed by atoms with Crippen molar-refractivity contribution in [2.24, 2.45) is 0 Å². The lowest BCUT2D eigenvalue weighted by atomic mass is 10.2. The van der Waals surface area contributed by atoms with E-state index in [1.54, 1.807) is 12.1 Å². The molecule has 2 aromatic carbocycles. The van der Waals surface area contributed by atoms with E-state index in [9.17, 15) is 13.2 Å².